The van der Waals surface area contributed by atoms with Crippen molar-refractivity contribution < 1.29 is 9.59 Å². The van der Waals surface area contributed by atoms with Gasteiger partial charge in [0, 0.05) is 24.2 Å². The van der Waals surface area contributed by atoms with Gasteiger partial charge >= 0.3 is 0 Å². The predicted octanol–water partition coefficient (Wildman–Crippen LogP) is 4.72. The standard InChI is InChI=1S/C23H35NO2.ClH/c1-22-10-8-15(5-3-4-12-24)13-19(22)20(25)14-16-17-6-7-21(26)23(17,2)11-9-18(16)22;/h3,5,15-19H,4,6-14,24H2,1-2H3;1H/b5-3-;/t15-,16+,17+,18+,19?,22-,23+;/m1./s1. The zero-order valence-electron chi connectivity index (χ0n) is 16.9. The summed E-state index contributed by atoms with van der Waals surface area (Å²) in [7, 11) is 0. The van der Waals surface area contributed by atoms with Gasteiger partial charge in [0.1, 0.15) is 11.6 Å². The summed E-state index contributed by atoms with van der Waals surface area (Å²) in [6.45, 7) is 5.30. The third-order valence-corrected chi connectivity index (χ3v) is 8.95. The molecule has 152 valence electrons. The fourth-order valence-corrected chi connectivity index (χ4v) is 7.40. The van der Waals surface area contributed by atoms with E-state index in [0.29, 0.717) is 41.8 Å². The second kappa shape index (κ2) is 7.63. The summed E-state index contributed by atoms with van der Waals surface area (Å²) in [4.78, 5) is 25.7. The third-order valence-electron chi connectivity index (χ3n) is 8.95. The minimum Gasteiger partial charge on any atom is -0.330 e. The van der Waals surface area contributed by atoms with E-state index in [1.165, 1.54) is 12.8 Å². The molecule has 3 nitrogen and oxygen atoms in total. The summed E-state index contributed by atoms with van der Waals surface area (Å²) in [6.07, 6.45) is 13.6. The maximum Gasteiger partial charge on any atom is 0.139 e. The van der Waals surface area contributed by atoms with Crippen molar-refractivity contribution in [3.8, 4) is 0 Å². The van der Waals surface area contributed by atoms with Gasteiger partial charge in [-0.05, 0) is 80.6 Å². The van der Waals surface area contributed by atoms with Crippen LogP contribution in [-0.4, -0.2) is 18.1 Å². The number of hydrogen-bond donors (Lipinski definition) is 1. The molecule has 0 amide bonds. The maximum atomic E-state index is 13.2. The van der Waals surface area contributed by atoms with Gasteiger partial charge in [-0.2, -0.15) is 0 Å². The third kappa shape index (κ3) is 3.23. The molecule has 4 aliphatic rings. The average molecular weight is 394 g/mol. The number of rotatable bonds is 3. The van der Waals surface area contributed by atoms with Crippen LogP contribution in [0, 0.1) is 40.4 Å². The summed E-state index contributed by atoms with van der Waals surface area (Å²) >= 11 is 0. The normalized spacial score (nSPS) is 46.6. The van der Waals surface area contributed by atoms with Crippen LogP contribution in [0.1, 0.15) is 71.6 Å². The summed E-state index contributed by atoms with van der Waals surface area (Å²) in [6, 6.07) is 0. The Morgan fingerprint density at radius 3 is 2.63 bits per heavy atom. The van der Waals surface area contributed by atoms with E-state index in [1.54, 1.807) is 0 Å². The fraction of sp³-hybridized carbons (Fsp3) is 0.826. The van der Waals surface area contributed by atoms with E-state index in [-0.39, 0.29) is 29.2 Å². The van der Waals surface area contributed by atoms with Gasteiger partial charge in [-0.25, -0.2) is 0 Å². The molecule has 1 unspecified atom stereocenters. The van der Waals surface area contributed by atoms with E-state index in [4.69, 9.17) is 5.73 Å². The molecule has 4 fully saturated rings. The topological polar surface area (TPSA) is 60.2 Å². The monoisotopic (exact) mass is 393 g/mol. The Hall–Kier alpha value is -0.670. The van der Waals surface area contributed by atoms with Crippen LogP contribution >= 0.6 is 12.4 Å². The Morgan fingerprint density at radius 1 is 1.11 bits per heavy atom. The van der Waals surface area contributed by atoms with Gasteiger partial charge < -0.3 is 5.73 Å². The molecule has 0 aromatic carbocycles. The molecule has 0 saturated heterocycles. The Labute approximate surface area is 170 Å². The highest BCUT2D eigenvalue weighted by atomic mass is 35.5. The van der Waals surface area contributed by atoms with E-state index in [9.17, 15) is 9.59 Å². The summed E-state index contributed by atoms with van der Waals surface area (Å²) in [5.74, 6) is 3.29. The number of hydrogen-bond acceptors (Lipinski definition) is 3. The van der Waals surface area contributed by atoms with Crippen LogP contribution in [0.4, 0.5) is 0 Å². The smallest absolute Gasteiger partial charge is 0.139 e. The highest BCUT2D eigenvalue weighted by molar-refractivity contribution is 5.88. The average Bonchev–Trinajstić information content (AvgIpc) is 2.92. The summed E-state index contributed by atoms with van der Waals surface area (Å²) in [5, 5.41) is 0. The van der Waals surface area contributed by atoms with E-state index >= 15 is 0 Å². The first kappa shape index (κ1) is 21.0. The van der Waals surface area contributed by atoms with Crippen molar-refractivity contribution in [3.63, 3.8) is 0 Å². The van der Waals surface area contributed by atoms with Crippen LogP contribution in [-0.2, 0) is 9.59 Å². The molecule has 0 aromatic rings. The molecule has 2 N–H and O–H groups in total. The van der Waals surface area contributed by atoms with E-state index < -0.39 is 0 Å². The van der Waals surface area contributed by atoms with Gasteiger partial charge in [-0.1, -0.05) is 26.0 Å². The molecular weight excluding hydrogens is 358 g/mol. The lowest BCUT2D eigenvalue weighted by atomic mass is 9.44. The number of carbonyl (C=O) groups is 2. The van der Waals surface area contributed by atoms with E-state index in [0.717, 1.165) is 44.9 Å². The molecule has 4 rings (SSSR count). The van der Waals surface area contributed by atoms with Crippen LogP contribution < -0.4 is 5.73 Å². The number of carbonyl (C=O) groups excluding carboxylic acids is 2. The summed E-state index contributed by atoms with van der Waals surface area (Å²) in [5.41, 5.74) is 5.63. The molecule has 0 aromatic heterocycles. The molecule has 0 heterocycles. The first-order valence-electron chi connectivity index (χ1n) is 10.8. The number of halogens is 1. The van der Waals surface area contributed by atoms with E-state index in [1.807, 2.05) is 0 Å². The number of ketones is 2. The SMILES string of the molecule is C[C@]12CC[C@@H](/C=C\CCN)CC1C(=O)C[C@@H]1[C@@H]2CC[C@]2(C)C(=O)CC[C@@H]12.Cl. The first-order chi connectivity index (χ1) is 12.4. The quantitative estimate of drug-likeness (QED) is 0.705. The second-order valence-electron chi connectivity index (χ2n) is 10.1. The van der Waals surface area contributed by atoms with Gasteiger partial charge in [-0.15, -0.1) is 12.4 Å². The molecule has 0 radical (unpaired) electrons. The van der Waals surface area contributed by atoms with Gasteiger partial charge in [0.2, 0.25) is 0 Å². The molecule has 4 aliphatic carbocycles. The van der Waals surface area contributed by atoms with Crippen LogP contribution in [0.5, 0.6) is 0 Å². The second-order valence-corrected chi connectivity index (χ2v) is 10.1. The van der Waals surface area contributed by atoms with Crippen molar-refractivity contribution in [1.29, 1.82) is 0 Å². The van der Waals surface area contributed by atoms with Crippen molar-refractivity contribution in [3.05, 3.63) is 12.2 Å². The fourth-order valence-electron chi connectivity index (χ4n) is 7.40. The molecule has 4 heteroatoms. The van der Waals surface area contributed by atoms with Gasteiger partial charge in [-0.3, -0.25) is 9.59 Å². The molecular formula is C23H36ClNO2. The molecule has 4 saturated carbocycles. The zero-order chi connectivity index (χ0) is 18.5. The largest absolute Gasteiger partial charge is 0.330 e. The number of nitrogens with two attached hydrogens (primary N) is 1. The minimum atomic E-state index is -0.132. The van der Waals surface area contributed by atoms with Crippen molar-refractivity contribution in [2.75, 3.05) is 6.54 Å². The molecule has 0 spiro atoms. The minimum absolute atomic E-state index is 0. The zero-order valence-corrected chi connectivity index (χ0v) is 17.7. The van der Waals surface area contributed by atoms with Crippen LogP contribution in [0.25, 0.3) is 0 Å². The predicted molar refractivity (Wildman–Crippen MR) is 111 cm³/mol. The Kier molecular flexibility index (Phi) is 5.95. The van der Waals surface area contributed by atoms with Crippen LogP contribution in [0.3, 0.4) is 0 Å². The van der Waals surface area contributed by atoms with E-state index in [2.05, 4.69) is 26.0 Å². The summed E-state index contributed by atoms with van der Waals surface area (Å²) < 4.78 is 0. The highest BCUT2D eigenvalue weighted by Crippen LogP contribution is 2.65. The maximum absolute atomic E-state index is 13.2. The van der Waals surface area contributed by atoms with Crippen LogP contribution in [0.15, 0.2) is 12.2 Å². The number of fused-ring (bicyclic) bond motifs is 5. The van der Waals surface area contributed by atoms with Crippen molar-refractivity contribution in [2.24, 2.45) is 46.2 Å². The lowest BCUT2D eigenvalue weighted by Crippen LogP contribution is -2.56. The highest BCUT2D eigenvalue weighted by Gasteiger charge is 2.62. The van der Waals surface area contributed by atoms with Gasteiger partial charge in [0.25, 0.3) is 0 Å². The number of Topliss-reactive ketones (excluding diaryl/α,β-unsaturated/α-hetero) is 2. The molecule has 27 heavy (non-hydrogen) atoms. The van der Waals surface area contributed by atoms with Gasteiger partial charge in [0.15, 0.2) is 0 Å². The lowest BCUT2D eigenvalue weighted by molar-refractivity contribution is -0.157. The van der Waals surface area contributed by atoms with Gasteiger partial charge in [0.05, 0.1) is 0 Å². The Balaban J connectivity index is 0.00000210. The van der Waals surface area contributed by atoms with Crippen LogP contribution in [0.2, 0.25) is 0 Å². The lowest BCUT2D eigenvalue weighted by Gasteiger charge is -2.59. The van der Waals surface area contributed by atoms with Crippen molar-refractivity contribution in [1.82, 2.24) is 0 Å². The van der Waals surface area contributed by atoms with Crippen molar-refractivity contribution >= 4 is 24.0 Å². The first-order valence-corrected chi connectivity index (χ1v) is 10.8. The number of allylic oxidation sites excluding steroid dienone is 1. The Morgan fingerprint density at radius 2 is 1.89 bits per heavy atom. The Bertz CT molecular complexity index is 632. The van der Waals surface area contributed by atoms with Crippen molar-refractivity contribution in [2.45, 2.75) is 71.6 Å². The molecule has 0 bridgehead atoms. The molecule has 7 atom stereocenters. The molecule has 0 aliphatic heterocycles.